The van der Waals surface area contributed by atoms with Crippen LogP contribution in [-0.2, 0) is 13.1 Å². The molecule has 1 aliphatic rings. The number of piperazine rings is 1. The third-order valence-corrected chi connectivity index (χ3v) is 6.35. The average Bonchev–Trinajstić information content (AvgIpc) is 2.89. The molecule has 0 spiro atoms. The number of phenols is 1. The number of rotatable bonds is 7. The van der Waals surface area contributed by atoms with Crippen LogP contribution < -0.4 is 14.9 Å². The lowest BCUT2D eigenvalue weighted by atomic mass is 10.1. The Hall–Kier alpha value is -3.81. The first-order valence-electron chi connectivity index (χ1n) is 11.7. The molecule has 1 aliphatic heterocycles. The van der Waals surface area contributed by atoms with E-state index in [1.165, 1.54) is 11.8 Å². The second-order valence-corrected chi connectivity index (χ2v) is 8.69. The minimum Gasteiger partial charge on any atom is -0.507 e. The van der Waals surface area contributed by atoms with Gasteiger partial charge in [-0.1, -0.05) is 36.4 Å². The van der Waals surface area contributed by atoms with Crippen molar-refractivity contribution in [1.82, 2.24) is 9.80 Å². The summed E-state index contributed by atoms with van der Waals surface area (Å²) in [5.74, 6) is 1.30. The van der Waals surface area contributed by atoms with Crippen molar-refractivity contribution >= 4 is 11.0 Å². The molecule has 7 nitrogen and oxygen atoms in total. The number of benzene rings is 3. The molecule has 0 saturated carbocycles. The van der Waals surface area contributed by atoms with Gasteiger partial charge in [-0.05, 0) is 29.8 Å². The van der Waals surface area contributed by atoms with Gasteiger partial charge in [0.15, 0.2) is 0 Å². The molecule has 1 aromatic heterocycles. The van der Waals surface area contributed by atoms with E-state index in [9.17, 15) is 9.90 Å². The molecule has 1 saturated heterocycles. The minimum atomic E-state index is -0.289. The van der Waals surface area contributed by atoms with Crippen LogP contribution in [0.1, 0.15) is 11.1 Å². The molecule has 35 heavy (non-hydrogen) atoms. The van der Waals surface area contributed by atoms with E-state index < -0.39 is 0 Å². The molecule has 0 amide bonds. The van der Waals surface area contributed by atoms with E-state index >= 15 is 0 Å². The molecule has 4 aromatic rings. The number of aromatic hydroxyl groups is 1. The van der Waals surface area contributed by atoms with Crippen molar-refractivity contribution in [3.8, 4) is 23.0 Å². The van der Waals surface area contributed by atoms with Gasteiger partial charge in [-0.3, -0.25) is 14.6 Å². The van der Waals surface area contributed by atoms with Gasteiger partial charge in [0.25, 0.3) is 0 Å². The van der Waals surface area contributed by atoms with Gasteiger partial charge in [0, 0.05) is 45.3 Å². The number of ether oxygens (including phenoxy) is 2. The van der Waals surface area contributed by atoms with Crippen LogP contribution in [0.2, 0.25) is 0 Å². The van der Waals surface area contributed by atoms with Crippen molar-refractivity contribution < 1.29 is 19.0 Å². The second kappa shape index (κ2) is 10.2. The van der Waals surface area contributed by atoms with E-state index in [0.717, 1.165) is 32.7 Å². The van der Waals surface area contributed by atoms with E-state index in [0.29, 0.717) is 34.6 Å². The van der Waals surface area contributed by atoms with E-state index in [-0.39, 0.29) is 16.9 Å². The summed E-state index contributed by atoms with van der Waals surface area (Å²) in [5, 5.41) is 11.0. The minimum absolute atomic E-state index is 0.0805. The highest BCUT2D eigenvalue weighted by Gasteiger charge is 2.21. The van der Waals surface area contributed by atoms with Crippen LogP contribution in [0.5, 0.6) is 23.0 Å². The first kappa shape index (κ1) is 23.0. The lowest BCUT2D eigenvalue weighted by molar-refractivity contribution is 0.121. The van der Waals surface area contributed by atoms with Crippen LogP contribution in [0.3, 0.4) is 0 Å². The third kappa shape index (κ3) is 5.16. The topological polar surface area (TPSA) is 75.4 Å². The van der Waals surface area contributed by atoms with Crippen molar-refractivity contribution in [2.75, 3.05) is 33.3 Å². The maximum atomic E-state index is 13.1. The van der Waals surface area contributed by atoms with Gasteiger partial charge in [0.2, 0.25) is 11.2 Å². The summed E-state index contributed by atoms with van der Waals surface area (Å²) in [5.41, 5.74) is 2.02. The number of methoxy groups -OCH3 is 1. The van der Waals surface area contributed by atoms with Crippen molar-refractivity contribution in [2.45, 2.75) is 13.1 Å². The molecule has 3 aromatic carbocycles. The molecule has 2 heterocycles. The Bertz CT molecular complexity index is 1360. The lowest BCUT2D eigenvalue weighted by Crippen LogP contribution is -2.45. The van der Waals surface area contributed by atoms with Crippen molar-refractivity contribution in [2.24, 2.45) is 0 Å². The maximum absolute atomic E-state index is 13.1. The number of hydrogen-bond acceptors (Lipinski definition) is 7. The third-order valence-electron chi connectivity index (χ3n) is 6.35. The van der Waals surface area contributed by atoms with Crippen molar-refractivity contribution in [3.05, 3.63) is 94.3 Å². The summed E-state index contributed by atoms with van der Waals surface area (Å²) < 4.78 is 16.8. The smallest absolute Gasteiger partial charge is 0.235 e. The molecule has 0 atom stereocenters. The van der Waals surface area contributed by atoms with E-state index in [1.54, 1.807) is 43.5 Å². The molecular formula is C28H28N2O5. The Morgan fingerprint density at radius 2 is 1.60 bits per heavy atom. The molecule has 0 unspecified atom stereocenters. The summed E-state index contributed by atoms with van der Waals surface area (Å²) in [6.45, 7) is 5.03. The highest BCUT2D eigenvalue weighted by Crippen LogP contribution is 2.30. The predicted octanol–water partition coefficient (Wildman–Crippen LogP) is 4.62. The fraction of sp³-hybridized carbons (Fsp3) is 0.250. The Morgan fingerprint density at radius 3 is 2.34 bits per heavy atom. The van der Waals surface area contributed by atoms with Gasteiger partial charge in [-0.2, -0.15) is 0 Å². The Balaban J connectivity index is 1.32. The summed E-state index contributed by atoms with van der Waals surface area (Å²) in [6, 6.07) is 20.6. The number of phenolic OH excluding ortho intramolecular Hbond substituents is 1. The molecule has 5 rings (SSSR count). The number of nitrogens with zero attached hydrogens (tertiary/aromatic N) is 2. The monoisotopic (exact) mass is 472 g/mol. The van der Waals surface area contributed by atoms with Gasteiger partial charge < -0.3 is 19.0 Å². The first-order valence-corrected chi connectivity index (χ1v) is 11.7. The molecule has 7 heteroatoms. The number of hydrogen-bond donors (Lipinski definition) is 1. The van der Waals surface area contributed by atoms with Gasteiger partial charge in [-0.25, -0.2) is 0 Å². The van der Waals surface area contributed by atoms with Crippen LogP contribution in [-0.4, -0.2) is 48.2 Å². The zero-order valence-corrected chi connectivity index (χ0v) is 19.6. The van der Waals surface area contributed by atoms with Crippen LogP contribution in [0.15, 0.2) is 82.2 Å². The molecule has 1 N–H and O–H groups in total. The Labute approximate surface area is 203 Å². The quantitative estimate of drug-likeness (QED) is 0.421. The molecular weight excluding hydrogens is 444 g/mol. The van der Waals surface area contributed by atoms with Crippen LogP contribution in [0.25, 0.3) is 11.0 Å². The van der Waals surface area contributed by atoms with Crippen molar-refractivity contribution in [1.29, 1.82) is 0 Å². The second-order valence-electron chi connectivity index (χ2n) is 8.69. The number of fused-ring (bicyclic) bond motifs is 1. The van der Waals surface area contributed by atoms with Gasteiger partial charge >= 0.3 is 0 Å². The van der Waals surface area contributed by atoms with Gasteiger partial charge in [0.1, 0.15) is 29.1 Å². The first-order chi connectivity index (χ1) is 17.1. The average molecular weight is 473 g/mol. The van der Waals surface area contributed by atoms with Gasteiger partial charge in [0.05, 0.1) is 18.1 Å². The van der Waals surface area contributed by atoms with Crippen molar-refractivity contribution in [3.63, 3.8) is 0 Å². The Morgan fingerprint density at radius 1 is 0.886 bits per heavy atom. The molecule has 180 valence electrons. The summed E-state index contributed by atoms with van der Waals surface area (Å²) in [6.07, 6.45) is 1.31. The molecule has 0 aliphatic carbocycles. The standard InChI is InChI=1S/C28H28N2O5/c1-33-21-8-5-9-22(16-21)35-26-19-34-28-23(27(26)32)10-11-25(31)24(28)18-30-14-12-29(13-15-30)17-20-6-3-2-4-7-20/h2-11,16,19,31H,12-15,17-18H2,1H3. The van der Waals surface area contributed by atoms with Crippen LogP contribution in [0.4, 0.5) is 0 Å². The summed E-state index contributed by atoms with van der Waals surface area (Å²) >= 11 is 0. The highest BCUT2D eigenvalue weighted by atomic mass is 16.5. The highest BCUT2D eigenvalue weighted by molar-refractivity contribution is 5.83. The SMILES string of the molecule is COc1cccc(Oc2coc3c(CN4CCN(Cc5ccccc5)CC4)c(O)ccc3c2=O)c1. The van der Waals surface area contributed by atoms with Gasteiger partial charge in [-0.15, -0.1) is 0 Å². The normalized spacial score (nSPS) is 14.8. The largest absolute Gasteiger partial charge is 0.507 e. The molecule has 0 radical (unpaired) electrons. The predicted molar refractivity (Wildman–Crippen MR) is 134 cm³/mol. The van der Waals surface area contributed by atoms with Crippen LogP contribution >= 0.6 is 0 Å². The van der Waals surface area contributed by atoms with E-state index in [2.05, 4.69) is 34.1 Å². The summed E-state index contributed by atoms with van der Waals surface area (Å²) in [4.78, 5) is 17.8. The van der Waals surface area contributed by atoms with E-state index in [4.69, 9.17) is 13.9 Å². The molecule has 1 fully saturated rings. The zero-order valence-electron chi connectivity index (χ0n) is 19.6. The fourth-order valence-corrected chi connectivity index (χ4v) is 4.42. The maximum Gasteiger partial charge on any atom is 0.235 e. The fourth-order valence-electron chi connectivity index (χ4n) is 4.42. The molecule has 0 bridgehead atoms. The van der Waals surface area contributed by atoms with E-state index in [1.807, 2.05) is 6.07 Å². The Kier molecular flexibility index (Phi) is 6.70. The summed E-state index contributed by atoms with van der Waals surface area (Å²) in [7, 11) is 1.57. The zero-order chi connectivity index (χ0) is 24.2. The lowest BCUT2D eigenvalue weighted by Gasteiger charge is -2.34. The van der Waals surface area contributed by atoms with Crippen LogP contribution in [0, 0.1) is 0 Å².